The van der Waals surface area contributed by atoms with Crippen molar-refractivity contribution in [3.63, 3.8) is 0 Å². The van der Waals surface area contributed by atoms with Gasteiger partial charge in [0, 0.05) is 30.0 Å². The van der Waals surface area contributed by atoms with Crippen molar-refractivity contribution in [1.29, 1.82) is 0 Å². The molecule has 0 aliphatic heterocycles. The van der Waals surface area contributed by atoms with Crippen LogP contribution in [0.4, 0.5) is 11.4 Å². The lowest BCUT2D eigenvalue weighted by Crippen LogP contribution is -2.30. The molecule has 0 atom stereocenters. The zero-order chi connectivity index (χ0) is 23.8. The highest BCUT2D eigenvalue weighted by Crippen LogP contribution is 2.17. The van der Waals surface area contributed by atoms with Gasteiger partial charge in [0.05, 0.1) is 0 Å². The number of nitrogens with one attached hydrogen (secondary N) is 2. The summed E-state index contributed by atoms with van der Waals surface area (Å²) < 4.78 is 0. The van der Waals surface area contributed by atoms with Crippen molar-refractivity contribution in [1.82, 2.24) is 5.32 Å². The number of amides is 2. The van der Waals surface area contributed by atoms with E-state index in [4.69, 9.17) is 0 Å². The molecule has 0 saturated carbocycles. The number of nitrogens with zero attached hydrogens (tertiary/aromatic N) is 1. The first kappa shape index (κ1) is 23.8. The van der Waals surface area contributed by atoms with Crippen LogP contribution >= 0.6 is 0 Å². The smallest absolute Gasteiger partial charge is 0.272 e. The second-order valence-corrected chi connectivity index (χ2v) is 7.96. The minimum atomic E-state index is -0.382. The predicted molar refractivity (Wildman–Crippen MR) is 136 cm³/mol. The van der Waals surface area contributed by atoms with Gasteiger partial charge in [-0.2, -0.15) is 0 Å². The van der Waals surface area contributed by atoms with Gasteiger partial charge >= 0.3 is 0 Å². The molecule has 33 heavy (non-hydrogen) atoms. The average molecular weight is 442 g/mol. The lowest BCUT2D eigenvalue weighted by molar-refractivity contribution is -0.113. The molecule has 3 aromatic carbocycles. The third-order valence-electron chi connectivity index (χ3n) is 5.45. The normalized spacial score (nSPS) is 11.1. The molecular formula is C28H31N3O2. The largest absolute Gasteiger partial charge is 0.372 e. The summed E-state index contributed by atoms with van der Waals surface area (Å²) in [6.07, 6.45) is 1.70. The molecular weight excluding hydrogens is 410 g/mol. The Hall–Kier alpha value is -3.86. The predicted octanol–water partition coefficient (Wildman–Crippen LogP) is 5.56. The summed E-state index contributed by atoms with van der Waals surface area (Å²) in [7, 11) is 0. The molecule has 0 heterocycles. The maximum atomic E-state index is 13.1. The first-order valence-corrected chi connectivity index (χ1v) is 11.2. The van der Waals surface area contributed by atoms with Crippen LogP contribution in [-0.2, 0) is 4.79 Å². The van der Waals surface area contributed by atoms with Crippen molar-refractivity contribution in [2.75, 3.05) is 23.3 Å². The number of carbonyl (C=O) groups excluding carboxylic acids is 2. The van der Waals surface area contributed by atoms with E-state index in [1.807, 2.05) is 74.5 Å². The fraction of sp³-hybridized carbons (Fsp3) is 0.214. The van der Waals surface area contributed by atoms with Gasteiger partial charge in [0.1, 0.15) is 5.70 Å². The molecule has 0 aliphatic carbocycles. The van der Waals surface area contributed by atoms with Crippen LogP contribution in [0.5, 0.6) is 0 Å². The van der Waals surface area contributed by atoms with Crippen molar-refractivity contribution in [2.24, 2.45) is 0 Å². The van der Waals surface area contributed by atoms with Gasteiger partial charge in [0.2, 0.25) is 0 Å². The molecule has 0 spiro atoms. The topological polar surface area (TPSA) is 61.4 Å². The molecule has 0 unspecified atom stereocenters. The molecule has 170 valence electrons. The zero-order valence-corrected chi connectivity index (χ0v) is 19.7. The van der Waals surface area contributed by atoms with E-state index in [0.717, 1.165) is 35.5 Å². The number of hydrogen-bond acceptors (Lipinski definition) is 3. The lowest BCUT2D eigenvalue weighted by atomic mass is 10.1. The molecule has 2 amide bonds. The highest BCUT2D eigenvalue weighted by atomic mass is 16.2. The van der Waals surface area contributed by atoms with Crippen LogP contribution in [0.1, 0.15) is 40.9 Å². The van der Waals surface area contributed by atoms with Gasteiger partial charge in [-0.15, -0.1) is 0 Å². The standard InChI is InChI=1S/C28H31N3O2/c1-5-31(6-2)25-17-11-22(12-18-25)19-26(28(33)29-24-15-9-21(4)10-16-24)30-27(32)23-13-7-20(3)8-14-23/h7-19H,5-6H2,1-4H3,(H,29,33)(H,30,32). The van der Waals surface area contributed by atoms with E-state index in [1.54, 1.807) is 18.2 Å². The fourth-order valence-corrected chi connectivity index (χ4v) is 3.43. The van der Waals surface area contributed by atoms with Gasteiger partial charge in [-0.1, -0.05) is 47.5 Å². The van der Waals surface area contributed by atoms with Gasteiger partial charge in [-0.05, 0) is 75.7 Å². The summed E-state index contributed by atoms with van der Waals surface area (Å²) in [5.74, 6) is -0.716. The first-order valence-electron chi connectivity index (χ1n) is 11.2. The summed E-state index contributed by atoms with van der Waals surface area (Å²) in [6, 6.07) is 22.7. The molecule has 0 fully saturated rings. The molecule has 0 saturated heterocycles. The van der Waals surface area contributed by atoms with Crippen LogP contribution in [0.15, 0.2) is 78.5 Å². The van der Waals surface area contributed by atoms with Crippen molar-refractivity contribution in [3.8, 4) is 0 Å². The summed E-state index contributed by atoms with van der Waals surface area (Å²) in [4.78, 5) is 28.2. The maximum absolute atomic E-state index is 13.1. The van der Waals surface area contributed by atoms with Crippen molar-refractivity contribution in [2.45, 2.75) is 27.7 Å². The van der Waals surface area contributed by atoms with Crippen LogP contribution in [0.25, 0.3) is 6.08 Å². The number of rotatable bonds is 8. The van der Waals surface area contributed by atoms with Crippen LogP contribution in [0.3, 0.4) is 0 Å². The maximum Gasteiger partial charge on any atom is 0.272 e. The van der Waals surface area contributed by atoms with Crippen LogP contribution < -0.4 is 15.5 Å². The Morgan fingerprint density at radius 3 is 1.88 bits per heavy atom. The van der Waals surface area contributed by atoms with E-state index in [0.29, 0.717) is 11.3 Å². The molecule has 3 aromatic rings. The minimum absolute atomic E-state index is 0.178. The van der Waals surface area contributed by atoms with Crippen LogP contribution in [0.2, 0.25) is 0 Å². The van der Waals surface area contributed by atoms with Gasteiger partial charge in [0.25, 0.3) is 11.8 Å². The summed E-state index contributed by atoms with van der Waals surface area (Å²) >= 11 is 0. The van der Waals surface area contributed by atoms with E-state index in [-0.39, 0.29) is 17.5 Å². The number of anilines is 2. The summed E-state index contributed by atoms with van der Waals surface area (Å²) in [6.45, 7) is 10.0. The molecule has 0 bridgehead atoms. The van der Waals surface area contributed by atoms with Crippen LogP contribution in [0, 0.1) is 13.8 Å². The number of benzene rings is 3. The molecule has 0 aliphatic rings. The Bertz CT molecular complexity index is 1110. The third kappa shape index (κ3) is 6.56. The Balaban J connectivity index is 1.88. The number of hydrogen-bond donors (Lipinski definition) is 2. The van der Waals surface area contributed by atoms with E-state index in [9.17, 15) is 9.59 Å². The lowest BCUT2D eigenvalue weighted by Gasteiger charge is -2.21. The summed E-state index contributed by atoms with van der Waals surface area (Å²) in [5, 5.41) is 5.67. The number of carbonyl (C=O) groups is 2. The first-order chi connectivity index (χ1) is 15.9. The molecule has 0 aromatic heterocycles. The van der Waals surface area contributed by atoms with Gasteiger partial charge in [0.15, 0.2) is 0 Å². The molecule has 3 rings (SSSR count). The summed E-state index contributed by atoms with van der Waals surface area (Å²) in [5.41, 5.74) is 5.44. The fourth-order valence-electron chi connectivity index (χ4n) is 3.43. The highest BCUT2D eigenvalue weighted by Gasteiger charge is 2.15. The van der Waals surface area contributed by atoms with Crippen molar-refractivity contribution in [3.05, 3.63) is 101 Å². The Morgan fingerprint density at radius 1 is 0.788 bits per heavy atom. The molecule has 0 radical (unpaired) electrons. The second-order valence-electron chi connectivity index (χ2n) is 7.96. The van der Waals surface area contributed by atoms with Gasteiger partial charge < -0.3 is 15.5 Å². The molecule has 2 N–H and O–H groups in total. The van der Waals surface area contributed by atoms with Gasteiger partial charge in [-0.25, -0.2) is 0 Å². The van der Waals surface area contributed by atoms with E-state index in [2.05, 4.69) is 29.4 Å². The minimum Gasteiger partial charge on any atom is -0.372 e. The number of aryl methyl sites for hydroxylation is 2. The van der Waals surface area contributed by atoms with Crippen molar-refractivity contribution < 1.29 is 9.59 Å². The zero-order valence-electron chi connectivity index (χ0n) is 19.7. The van der Waals surface area contributed by atoms with E-state index in [1.165, 1.54) is 0 Å². The Kier molecular flexibility index (Phi) is 8.03. The second kappa shape index (κ2) is 11.1. The Morgan fingerprint density at radius 2 is 1.33 bits per heavy atom. The van der Waals surface area contributed by atoms with E-state index < -0.39 is 0 Å². The van der Waals surface area contributed by atoms with Crippen LogP contribution in [-0.4, -0.2) is 24.9 Å². The highest BCUT2D eigenvalue weighted by molar-refractivity contribution is 6.10. The molecule has 5 heteroatoms. The SMILES string of the molecule is CCN(CC)c1ccc(C=C(NC(=O)c2ccc(C)cc2)C(=O)Nc2ccc(C)cc2)cc1. The van der Waals surface area contributed by atoms with E-state index >= 15 is 0 Å². The molecule has 5 nitrogen and oxygen atoms in total. The Labute approximate surface area is 196 Å². The monoisotopic (exact) mass is 441 g/mol. The van der Waals surface area contributed by atoms with Gasteiger partial charge in [-0.3, -0.25) is 9.59 Å². The average Bonchev–Trinajstić information content (AvgIpc) is 2.82. The third-order valence-corrected chi connectivity index (χ3v) is 5.45. The quantitative estimate of drug-likeness (QED) is 0.450. The van der Waals surface area contributed by atoms with Crippen molar-refractivity contribution >= 4 is 29.3 Å².